The van der Waals surface area contributed by atoms with Gasteiger partial charge in [-0.3, -0.25) is 9.69 Å². The average molecular weight is 308 g/mol. The number of carbonyl (C=O) groups excluding carboxylic acids is 1. The van der Waals surface area contributed by atoms with E-state index in [2.05, 4.69) is 29.2 Å². The molecule has 0 unspecified atom stereocenters. The number of para-hydroxylation sites is 1. The van der Waals surface area contributed by atoms with E-state index in [1.807, 2.05) is 43.4 Å². The van der Waals surface area contributed by atoms with Gasteiger partial charge in [0.1, 0.15) is 0 Å². The van der Waals surface area contributed by atoms with Crippen LogP contribution in [0.2, 0.25) is 0 Å². The van der Waals surface area contributed by atoms with E-state index in [1.54, 1.807) is 4.90 Å². The summed E-state index contributed by atoms with van der Waals surface area (Å²) < 4.78 is 0. The highest BCUT2D eigenvalue weighted by molar-refractivity contribution is 5.94. The third-order valence-electron chi connectivity index (χ3n) is 4.66. The molecule has 3 nitrogen and oxygen atoms in total. The molecule has 1 amide bonds. The predicted octanol–water partition coefficient (Wildman–Crippen LogP) is 3.56. The lowest BCUT2D eigenvalue weighted by Crippen LogP contribution is -2.41. The van der Waals surface area contributed by atoms with Crippen LogP contribution in [0.1, 0.15) is 18.4 Å². The SMILES string of the molecule is CN(C(=O)C1CCN(Cc2ccccc2)CC1)c1ccccc1. The number of anilines is 1. The van der Waals surface area contributed by atoms with Gasteiger partial charge in [0.25, 0.3) is 0 Å². The summed E-state index contributed by atoms with van der Waals surface area (Å²) >= 11 is 0. The molecular formula is C20H24N2O. The summed E-state index contributed by atoms with van der Waals surface area (Å²) in [5.41, 5.74) is 2.32. The summed E-state index contributed by atoms with van der Waals surface area (Å²) in [5.74, 6) is 0.391. The van der Waals surface area contributed by atoms with Gasteiger partial charge >= 0.3 is 0 Å². The average Bonchev–Trinajstić information content (AvgIpc) is 2.63. The summed E-state index contributed by atoms with van der Waals surface area (Å²) in [5, 5.41) is 0. The van der Waals surface area contributed by atoms with Gasteiger partial charge in [0.05, 0.1) is 0 Å². The molecule has 0 radical (unpaired) electrons. The Bertz CT molecular complexity index is 619. The van der Waals surface area contributed by atoms with Gasteiger partial charge in [0, 0.05) is 25.2 Å². The first-order valence-electron chi connectivity index (χ1n) is 8.33. The second kappa shape index (κ2) is 7.42. The van der Waals surface area contributed by atoms with Gasteiger partial charge < -0.3 is 4.90 Å². The van der Waals surface area contributed by atoms with E-state index >= 15 is 0 Å². The van der Waals surface area contributed by atoms with Crippen LogP contribution in [0.25, 0.3) is 0 Å². The number of piperidine rings is 1. The summed E-state index contributed by atoms with van der Waals surface area (Å²) in [6, 6.07) is 20.5. The number of hydrogen-bond acceptors (Lipinski definition) is 2. The minimum Gasteiger partial charge on any atom is -0.315 e. The molecule has 3 rings (SSSR count). The van der Waals surface area contributed by atoms with Crippen LogP contribution in [0.3, 0.4) is 0 Å². The Morgan fingerprint density at radius 1 is 1.00 bits per heavy atom. The zero-order chi connectivity index (χ0) is 16.1. The highest BCUT2D eigenvalue weighted by Gasteiger charge is 2.27. The second-order valence-electron chi connectivity index (χ2n) is 6.27. The summed E-state index contributed by atoms with van der Waals surface area (Å²) in [7, 11) is 1.88. The minimum absolute atomic E-state index is 0.146. The van der Waals surface area contributed by atoms with Gasteiger partial charge in [-0.25, -0.2) is 0 Å². The van der Waals surface area contributed by atoms with Crippen LogP contribution in [0.5, 0.6) is 0 Å². The first-order valence-corrected chi connectivity index (χ1v) is 8.33. The largest absolute Gasteiger partial charge is 0.315 e. The molecule has 1 heterocycles. The van der Waals surface area contributed by atoms with Crippen molar-refractivity contribution in [2.24, 2.45) is 5.92 Å². The fourth-order valence-corrected chi connectivity index (χ4v) is 3.23. The molecule has 0 N–H and O–H groups in total. The topological polar surface area (TPSA) is 23.6 Å². The summed E-state index contributed by atoms with van der Waals surface area (Å²) in [6.45, 7) is 2.97. The van der Waals surface area contributed by atoms with Crippen molar-refractivity contribution in [2.75, 3.05) is 25.0 Å². The fourth-order valence-electron chi connectivity index (χ4n) is 3.23. The molecule has 0 saturated carbocycles. The van der Waals surface area contributed by atoms with Crippen LogP contribution in [0, 0.1) is 5.92 Å². The first-order chi connectivity index (χ1) is 11.2. The normalized spacial score (nSPS) is 16.2. The smallest absolute Gasteiger partial charge is 0.229 e. The molecule has 1 aliphatic rings. The molecule has 2 aromatic carbocycles. The maximum Gasteiger partial charge on any atom is 0.229 e. The number of carbonyl (C=O) groups is 1. The predicted molar refractivity (Wildman–Crippen MR) is 94.3 cm³/mol. The van der Waals surface area contributed by atoms with Crippen molar-refractivity contribution in [3.05, 3.63) is 66.2 Å². The van der Waals surface area contributed by atoms with Gasteiger partial charge in [-0.2, -0.15) is 0 Å². The molecule has 3 heteroatoms. The lowest BCUT2D eigenvalue weighted by Gasteiger charge is -2.33. The lowest BCUT2D eigenvalue weighted by atomic mass is 9.95. The molecule has 0 atom stereocenters. The molecule has 1 aliphatic heterocycles. The van der Waals surface area contributed by atoms with Crippen LogP contribution >= 0.6 is 0 Å². The standard InChI is InChI=1S/C20H24N2O/c1-21(19-10-6-3-7-11-19)20(23)18-12-14-22(15-13-18)16-17-8-4-2-5-9-17/h2-11,18H,12-16H2,1H3. The third-order valence-corrected chi connectivity index (χ3v) is 4.66. The van der Waals surface area contributed by atoms with E-state index in [0.717, 1.165) is 38.2 Å². The fraction of sp³-hybridized carbons (Fsp3) is 0.350. The van der Waals surface area contributed by atoms with Crippen molar-refractivity contribution in [3.8, 4) is 0 Å². The Hall–Kier alpha value is -2.13. The first kappa shape index (κ1) is 15.8. The maximum atomic E-state index is 12.7. The van der Waals surface area contributed by atoms with Crippen LogP contribution in [-0.4, -0.2) is 30.9 Å². The van der Waals surface area contributed by atoms with Gasteiger partial charge in [0.2, 0.25) is 5.91 Å². The molecule has 1 fully saturated rings. The van der Waals surface area contributed by atoms with Crippen molar-refractivity contribution in [3.63, 3.8) is 0 Å². The van der Waals surface area contributed by atoms with Crippen LogP contribution in [0.4, 0.5) is 5.69 Å². The molecule has 120 valence electrons. The Labute approximate surface area is 138 Å². The molecule has 0 bridgehead atoms. The number of hydrogen-bond donors (Lipinski definition) is 0. The highest BCUT2D eigenvalue weighted by Crippen LogP contribution is 2.23. The number of amides is 1. The second-order valence-corrected chi connectivity index (χ2v) is 6.27. The molecule has 1 saturated heterocycles. The number of likely N-dealkylation sites (tertiary alicyclic amines) is 1. The van der Waals surface area contributed by atoms with Gasteiger partial charge in [-0.15, -0.1) is 0 Å². The number of nitrogens with zero attached hydrogens (tertiary/aromatic N) is 2. The van der Waals surface area contributed by atoms with E-state index in [0.29, 0.717) is 0 Å². The monoisotopic (exact) mass is 308 g/mol. The minimum atomic E-state index is 0.146. The van der Waals surface area contributed by atoms with E-state index < -0.39 is 0 Å². The zero-order valence-corrected chi connectivity index (χ0v) is 13.7. The Morgan fingerprint density at radius 3 is 2.17 bits per heavy atom. The van der Waals surface area contributed by atoms with Gasteiger partial charge in [-0.1, -0.05) is 48.5 Å². The number of benzene rings is 2. The zero-order valence-electron chi connectivity index (χ0n) is 13.7. The quantitative estimate of drug-likeness (QED) is 0.862. The summed E-state index contributed by atoms with van der Waals surface area (Å²) in [4.78, 5) is 16.9. The van der Waals surface area contributed by atoms with Crippen molar-refractivity contribution in [2.45, 2.75) is 19.4 Å². The van der Waals surface area contributed by atoms with E-state index in [9.17, 15) is 4.79 Å². The van der Waals surface area contributed by atoms with Crippen molar-refractivity contribution >= 4 is 11.6 Å². The van der Waals surface area contributed by atoms with Crippen molar-refractivity contribution in [1.29, 1.82) is 0 Å². The Kier molecular flexibility index (Phi) is 5.09. The molecule has 23 heavy (non-hydrogen) atoms. The lowest BCUT2D eigenvalue weighted by molar-refractivity contribution is -0.123. The van der Waals surface area contributed by atoms with Crippen molar-refractivity contribution < 1.29 is 4.79 Å². The van der Waals surface area contributed by atoms with Crippen molar-refractivity contribution in [1.82, 2.24) is 4.90 Å². The molecule has 0 aliphatic carbocycles. The van der Waals surface area contributed by atoms with Crippen LogP contribution in [-0.2, 0) is 11.3 Å². The Balaban J connectivity index is 1.53. The van der Waals surface area contributed by atoms with E-state index in [-0.39, 0.29) is 11.8 Å². The Morgan fingerprint density at radius 2 is 1.57 bits per heavy atom. The molecule has 2 aromatic rings. The van der Waals surface area contributed by atoms with Crippen LogP contribution in [0.15, 0.2) is 60.7 Å². The molecule has 0 aromatic heterocycles. The molecular weight excluding hydrogens is 284 g/mol. The van der Waals surface area contributed by atoms with Crippen LogP contribution < -0.4 is 4.90 Å². The molecule has 0 spiro atoms. The van der Waals surface area contributed by atoms with E-state index in [1.165, 1.54) is 5.56 Å². The van der Waals surface area contributed by atoms with Gasteiger partial charge in [0.15, 0.2) is 0 Å². The van der Waals surface area contributed by atoms with Gasteiger partial charge in [-0.05, 0) is 43.6 Å². The highest BCUT2D eigenvalue weighted by atomic mass is 16.2. The maximum absolute atomic E-state index is 12.7. The van der Waals surface area contributed by atoms with E-state index in [4.69, 9.17) is 0 Å². The third kappa shape index (κ3) is 3.99. The summed E-state index contributed by atoms with van der Waals surface area (Å²) in [6.07, 6.45) is 1.89. The number of rotatable bonds is 4.